The molecule has 3 heterocycles. The van der Waals surface area contributed by atoms with Gasteiger partial charge in [0.25, 0.3) is 0 Å². The molecule has 3 fully saturated rings. The van der Waals surface area contributed by atoms with E-state index in [1.54, 1.807) is 0 Å². The molecule has 4 aliphatic rings. The zero-order valence-corrected chi connectivity index (χ0v) is 58.9. The molecular weight excluding hydrogens is 1180 g/mol. The van der Waals surface area contributed by atoms with Crippen LogP contribution < -0.4 is 29.4 Å². The van der Waals surface area contributed by atoms with Crippen molar-refractivity contribution in [3.63, 3.8) is 0 Å². The van der Waals surface area contributed by atoms with Crippen LogP contribution in [0.4, 0.5) is 34.1 Å². The van der Waals surface area contributed by atoms with Crippen LogP contribution >= 0.6 is 34.8 Å². The molecule has 0 bridgehead atoms. The maximum absolute atomic E-state index is 6.85. The standard InChI is InChI=1S/C29H25Cl3N2.C28H34N2O.C23H33N3/c1-17-15-18(2)25(19(3)16-17)34-27-23-14-8-10-20-9-7-13-22(24(20)23)26(27)33(28(34)29(30,31)32)21-11-5-4-6-12-21;1-19-14-21(3)26(22(4)15-19)29-12-13-30(27-23(5)16-20(2)17-24(27)6)28(29)31-18-25-10-8-7-9-11-25;1-15-11-17(3)21(18(4)12-15)25-9-10-26(23(25)24(7)8)22-19(5)13-16(2)14-20(22)6/h4-16,26-28H,1-3H3;7-11,14-17,28H,12-13,18H2,1-6H3;11-14,23H,9-10H2,1-8H3. The highest BCUT2D eigenvalue weighted by atomic mass is 35.6. The Kier molecular flexibility index (Phi) is 19.0. The van der Waals surface area contributed by atoms with Gasteiger partial charge in [-0.1, -0.05) is 208 Å². The monoisotopic (exact) mass is 1270 g/mol. The van der Waals surface area contributed by atoms with Crippen molar-refractivity contribution in [3.8, 4) is 0 Å². The third-order valence-corrected chi connectivity index (χ3v) is 19.5. The Hall–Kier alpha value is -7.17. The third-order valence-electron chi connectivity index (χ3n) is 18.9. The number of aryl methyl sites for hydroxylation is 15. The summed E-state index contributed by atoms with van der Waals surface area (Å²) in [6.45, 7) is 37.6. The predicted octanol–water partition coefficient (Wildman–Crippen LogP) is 19.7. The van der Waals surface area contributed by atoms with Crippen LogP contribution in [0.2, 0.25) is 0 Å². The quantitative estimate of drug-likeness (QED) is 0.125. The predicted molar refractivity (Wildman–Crippen MR) is 390 cm³/mol. The lowest BCUT2D eigenvalue weighted by Crippen LogP contribution is -2.50. The average molecular weight is 1270 g/mol. The Morgan fingerprint density at radius 2 is 0.725 bits per heavy atom. The molecule has 9 aromatic carbocycles. The van der Waals surface area contributed by atoms with Gasteiger partial charge in [0.1, 0.15) is 0 Å². The number of hydrogen-bond acceptors (Lipinski definition) is 8. The fourth-order valence-electron chi connectivity index (χ4n) is 16.4. The van der Waals surface area contributed by atoms with Crippen molar-refractivity contribution in [2.45, 2.75) is 145 Å². The molecule has 13 rings (SSSR count). The van der Waals surface area contributed by atoms with Crippen molar-refractivity contribution in [2.24, 2.45) is 0 Å². The number of para-hydroxylation sites is 1. The van der Waals surface area contributed by atoms with Crippen LogP contribution in [0.5, 0.6) is 0 Å². The van der Waals surface area contributed by atoms with Crippen LogP contribution in [0.25, 0.3) is 10.8 Å². The van der Waals surface area contributed by atoms with E-state index < -0.39 is 9.96 Å². The Morgan fingerprint density at radius 3 is 1.09 bits per heavy atom. The van der Waals surface area contributed by atoms with Gasteiger partial charge in [-0.05, 0) is 213 Å². The zero-order chi connectivity index (χ0) is 65.1. The lowest BCUT2D eigenvalue weighted by Gasteiger charge is -2.40. The average Bonchev–Trinajstić information content (AvgIpc) is 1.53. The zero-order valence-electron chi connectivity index (χ0n) is 56.6. The minimum Gasteiger partial charge on any atom is -0.338 e. The fourth-order valence-corrected chi connectivity index (χ4v) is 17.1. The van der Waals surface area contributed by atoms with Gasteiger partial charge in [-0.2, -0.15) is 0 Å². The van der Waals surface area contributed by atoms with Crippen LogP contribution in [0.15, 0.2) is 158 Å². The number of fused-ring (bicyclic) bond motifs is 3. The Bertz CT molecular complexity index is 3890. The first kappa shape index (κ1) is 65.3. The van der Waals surface area contributed by atoms with Crippen molar-refractivity contribution in [2.75, 3.05) is 69.7 Å². The van der Waals surface area contributed by atoms with Crippen LogP contribution in [-0.4, -0.2) is 67.8 Å². The number of alkyl halides is 3. The number of anilines is 6. The first-order valence-electron chi connectivity index (χ1n) is 32.3. The van der Waals surface area contributed by atoms with Crippen molar-refractivity contribution in [3.05, 3.63) is 258 Å². The molecule has 3 saturated heterocycles. The van der Waals surface area contributed by atoms with E-state index in [2.05, 4.69) is 292 Å². The van der Waals surface area contributed by atoms with Crippen LogP contribution in [0, 0.1) is 104 Å². The highest BCUT2D eigenvalue weighted by Crippen LogP contribution is 2.61. The second-order valence-corrected chi connectivity index (χ2v) is 29.1. The molecule has 8 nitrogen and oxygen atoms in total. The van der Waals surface area contributed by atoms with Gasteiger partial charge in [0, 0.05) is 60.3 Å². The van der Waals surface area contributed by atoms with Gasteiger partial charge in [0.05, 0.1) is 18.7 Å². The maximum Gasteiger partial charge on any atom is 0.228 e. The molecule has 474 valence electrons. The summed E-state index contributed by atoms with van der Waals surface area (Å²) in [5, 5.41) is 2.57. The summed E-state index contributed by atoms with van der Waals surface area (Å²) in [5.41, 5.74) is 30.9. The number of rotatable bonds is 10. The number of benzene rings is 9. The Balaban J connectivity index is 0.000000142. The lowest BCUT2D eigenvalue weighted by molar-refractivity contribution is 0.0498. The van der Waals surface area contributed by atoms with Gasteiger partial charge in [-0.25, -0.2) is 0 Å². The van der Waals surface area contributed by atoms with E-state index in [1.807, 2.05) is 18.2 Å². The summed E-state index contributed by atoms with van der Waals surface area (Å²) in [5.74, 6) is 0. The highest BCUT2D eigenvalue weighted by molar-refractivity contribution is 6.68. The number of ether oxygens (including phenoxy) is 1. The smallest absolute Gasteiger partial charge is 0.228 e. The first-order valence-corrected chi connectivity index (χ1v) is 33.4. The maximum atomic E-state index is 6.85. The largest absolute Gasteiger partial charge is 0.338 e. The van der Waals surface area contributed by atoms with Gasteiger partial charge < -0.3 is 34.1 Å². The summed E-state index contributed by atoms with van der Waals surface area (Å²) in [7, 11) is 4.38. The molecule has 0 amide bonds. The molecule has 0 radical (unpaired) electrons. The Labute approximate surface area is 558 Å². The second kappa shape index (κ2) is 26.4. The molecule has 3 atom stereocenters. The summed E-state index contributed by atoms with van der Waals surface area (Å²) in [6, 6.07) is 56.8. The van der Waals surface area contributed by atoms with Crippen LogP contribution in [0.3, 0.4) is 0 Å². The molecule has 0 N–H and O–H groups in total. The van der Waals surface area contributed by atoms with E-state index in [-0.39, 0.29) is 24.7 Å². The minimum absolute atomic E-state index is 0.0158. The van der Waals surface area contributed by atoms with E-state index in [1.165, 1.54) is 134 Å². The number of nitrogens with zero attached hydrogens (tertiary/aromatic N) is 7. The van der Waals surface area contributed by atoms with Gasteiger partial charge in [0.15, 0.2) is 12.5 Å². The van der Waals surface area contributed by atoms with Gasteiger partial charge >= 0.3 is 0 Å². The van der Waals surface area contributed by atoms with Crippen molar-refractivity contribution in [1.29, 1.82) is 0 Å². The van der Waals surface area contributed by atoms with Gasteiger partial charge in [-0.3, -0.25) is 4.90 Å². The summed E-state index contributed by atoms with van der Waals surface area (Å²) in [4.78, 5) is 17.1. The molecule has 9 aromatic rings. The molecule has 0 aromatic heterocycles. The topological polar surface area (TPSA) is 31.9 Å². The SMILES string of the molecule is Cc1cc(C)c(N2C3c4cccc5cccc(c45)C3N(c3ccccc3)C2C(Cl)(Cl)Cl)c(C)c1.Cc1cc(C)c(N2CCN(c3c(C)cc(C)cc3C)C2N(C)C)c(C)c1.Cc1cc(C)c(N2CCN(c3c(C)cc(C)cc3C)C2OCc2ccccc2)c(C)c1. The summed E-state index contributed by atoms with van der Waals surface area (Å²) < 4.78 is 5.11. The number of halogens is 3. The summed E-state index contributed by atoms with van der Waals surface area (Å²) >= 11 is 20.6. The molecule has 3 unspecified atom stereocenters. The van der Waals surface area contributed by atoms with E-state index >= 15 is 0 Å². The minimum atomic E-state index is -1.55. The van der Waals surface area contributed by atoms with Crippen molar-refractivity contribution >= 4 is 79.7 Å². The molecule has 0 spiro atoms. The Morgan fingerprint density at radius 1 is 0.396 bits per heavy atom. The first-order chi connectivity index (χ1) is 43.3. The molecule has 11 heteroatoms. The van der Waals surface area contributed by atoms with E-state index in [4.69, 9.17) is 39.5 Å². The highest BCUT2D eigenvalue weighted by Gasteiger charge is 2.59. The van der Waals surface area contributed by atoms with E-state index in [9.17, 15) is 0 Å². The fraction of sp³-hybridized carbons (Fsp3) is 0.350. The second-order valence-electron chi connectivity index (χ2n) is 26.7. The summed E-state index contributed by atoms with van der Waals surface area (Å²) in [6.07, 6.45) is -0.394. The number of hydrogen-bond donors (Lipinski definition) is 0. The van der Waals surface area contributed by atoms with Gasteiger partial charge in [-0.15, -0.1) is 0 Å². The molecular formula is C80H92Cl3N7O. The van der Waals surface area contributed by atoms with Crippen LogP contribution in [0.1, 0.15) is 112 Å². The van der Waals surface area contributed by atoms with Crippen LogP contribution in [-0.2, 0) is 11.3 Å². The van der Waals surface area contributed by atoms with Crippen molar-refractivity contribution in [1.82, 2.24) is 4.90 Å². The molecule has 1 aliphatic carbocycles. The van der Waals surface area contributed by atoms with E-state index in [0.29, 0.717) is 6.61 Å². The van der Waals surface area contributed by atoms with Gasteiger partial charge in [0.2, 0.25) is 10.1 Å². The van der Waals surface area contributed by atoms with E-state index in [0.717, 1.165) is 37.6 Å². The van der Waals surface area contributed by atoms with Crippen molar-refractivity contribution < 1.29 is 4.74 Å². The third kappa shape index (κ3) is 12.8. The lowest BCUT2D eigenvalue weighted by atomic mass is 9.99. The molecule has 91 heavy (non-hydrogen) atoms. The molecule has 3 aliphatic heterocycles. The molecule has 0 saturated carbocycles. The normalized spacial score (nSPS) is 17.4.